The van der Waals surface area contributed by atoms with Crippen LogP contribution in [-0.2, 0) is 25.4 Å². The van der Waals surface area contributed by atoms with Crippen LogP contribution in [0.1, 0.15) is 25.3 Å². The Morgan fingerprint density at radius 1 is 1.22 bits per heavy atom. The maximum atomic E-state index is 12.6. The SMILES string of the molecule is CC(C)c1cccc(NC(=O)Cn2c(Br)nc3c(=O)n(C)c(=O)n(C)c32)c1. The number of hydrogen-bond donors (Lipinski definition) is 1. The monoisotopic (exact) mass is 433 g/mol. The number of carbonyl (C=O) groups is 1. The Kier molecular flexibility index (Phi) is 5.05. The molecular formula is C18H20BrN5O3. The molecule has 2 heterocycles. The first-order chi connectivity index (χ1) is 12.7. The van der Waals surface area contributed by atoms with Crippen LogP contribution in [0.25, 0.3) is 11.2 Å². The van der Waals surface area contributed by atoms with Gasteiger partial charge in [-0.15, -0.1) is 0 Å². The summed E-state index contributed by atoms with van der Waals surface area (Å²) in [5.41, 5.74) is 1.25. The van der Waals surface area contributed by atoms with E-state index in [2.05, 4.69) is 40.1 Å². The van der Waals surface area contributed by atoms with Crippen LogP contribution < -0.4 is 16.6 Å². The minimum absolute atomic E-state index is 0.0938. The lowest BCUT2D eigenvalue weighted by Gasteiger charge is -2.12. The van der Waals surface area contributed by atoms with Gasteiger partial charge in [0.25, 0.3) is 5.56 Å². The smallest absolute Gasteiger partial charge is 0.325 e. The van der Waals surface area contributed by atoms with Gasteiger partial charge in [0.2, 0.25) is 5.91 Å². The molecule has 1 aromatic carbocycles. The first kappa shape index (κ1) is 19.1. The van der Waals surface area contributed by atoms with E-state index in [1.165, 1.54) is 16.2 Å². The van der Waals surface area contributed by atoms with Crippen molar-refractivity contribution in [3.8, 4) is 0 Å². The van der Waals surface area contributed by atoms with Crippen LogP contribution in [0.3, 0.4) is 0 Å². The molecule has 142 valence electrons. The molecule has 0 unspecified atom stereocenters. The Hall–Kier alpha value is -2.68. The standard InChI is InChI=1S/C18H20BrN5O3/c1-10(2)11-6-5-7-12(8-11)20-13(25)9-24-15-14(21-17(24)19)16(26)23(4)18(27)22(15)3/h5-8,10H,9H2,1-4H3,(H,20,25). The Bertz CT molecular complexity index is 1160. The lowest BCUT2D eigenvalue weighted by atomic mass is 10.0. The second kappa shape index (κ2) is 7.15. The fraction of sp³-hybridized carbons (Fsp3) is 0.333. The van der Waals surface area contributed by atoms with Gasteiger partial charge in [-0.25, -0.2) is 9.78 Å². The van der Waals surface area contributed by atoms with Crippen LogP contribution in [0, 0.1) is 0 Å². The Morgan fingerprint density at radius 2 is 1.93 bits per heavy atom. The van der Waals surface area contributed by atoms with Crippen LogP contribution in [0.5, 0.6) is 0 Å². The summed E-state index contributed by atoms with van der Waals surface area (Å²) in [6, 6.07) is 7.64. The fourth-order valence-corrected chi connectivity index (χ4v) is 3.39. The predicted molar refractivity (Wildman–Crippen MR) is 107 cm³/mol. The molecule has 9 heteroatoms. The number of nitrogens with one attached hydrogen (secondary N) is 1. The number of aryl methyl sites for hydroxylation is 1. The topological polar surface area (TPSA) is 90.9 Å². The third kappa shape index (κ3) is 3.46. The second-order valence-corrected chi connectivity index (χ2v) is 7.38. The Balaban J connectivity index is 1.96. The molecule has 1 amide bonds. The number of benzene rings is 1. The molecule has 2 aromatic heterocycles. The molecule has 0 radical (unpaired) electrons. The van der Waals surface area contributed by atoms with E-state index in [0.717, 1.165) is 10.1 Å². The van der Waals surface area contributed by atoms with Crippen LogP contribution >= 0.6 is 15.9 Å². The van der Waals surface area contributed by atoms with Gasteiger partial charge >= 0.3 is 5.69 Å². The highest BCUT2D eigenvalue weighted by Gasteiger charge is 2.19. The number of fused-ring (bicyclic) bond motifs is 1. The highest BCUT2D eigenvalue weighted by Crippen LogP contribution is 2.20. The van der Waals surface area contributed by atoms with Gasteiger partial charge in [-0.1, -0.05) is 26.0 Å². The molecule has 8 nitrogen and oxygen atoms in total. The van der Waals surface area contributed by atoms with E-state index in [1.807, 2.05) is 24.3 Å². The number of halogens is 1. The van der Waals surface area contributed by atoms with E-state index in [9.17, 15) is 14.4 Å². The maximum absolute atomic E-state index is 12.6. The summed E-state index contributed by atoms with van der Waals surface area (Å²) < 4.78 is 4.10. The van der Waals surface area contributed by atoms with Crippen molar-refractivity contribution in [3.63, 3.8) is 0 Å². The molecule has 0 aliphatic carbocycles. The van der Waals surface area contributed by atoms with Crippen molar-refractivity contribution in [2.24, 2.45) is 14.1 Å². The Morgan fingerprint density at radius 3 is 2.59 bits per heavy atom. The zero-order valence-electron chi connectivity index (χ0n) is 15.5. The highest BCUT2D eigenvalue weighted by atomic mass is 79.9. The van der Waals surface area contributed by atoms with Crippen LogP contribution in [0.4, 0.5) is 5.69 Å². The molecule has 1 N–H and O–H groups in total. The molecule has 0 saturated heterocycles. The molecule has 0 atom stereocenters. The van der Waals surface area contributed by atoms with E-state index in [0.29, 0.717) is 22.0 Å². The molecule has 0 aliphatic rings. The third-order valence-corrected chi connectivity index (χ3v) is 5.04. The van der Waals surface area contributed by atoms with Gasteiger partial charge < -0.3 is 5.32 Å². The third-order valence-electron chi connectivity index (χ3n) is 4.43. The normalized spacial score (nSPS) is 11.3. The van der Waals surface area contributed by atoms with Gasteiger partial charge in [0, 0.05) is 19.8 Å². The number of nitrogens with zero attached hydrogens (tertiary/aromatic N) is 4. The molecule has 0 aliphatic heterocycles. The van der Waals surface area contributed by atoms with Crippen molar-refractivity contribution < 1.29 is 4.79 Å². The fourth-order valence-electron chi connectivity index (χ4n) is 2.92. The minimum atomic E-state index is -0.502. The molecule has 0 saturated carbocycles. The minimum Gasteiger partial charge on any atom is -0.325 e. The predicted octanol–water partition coefficient (Wildman–Crippen LogP) is 1.96. The zero-order chi connectivity index (χ0) is 19.9. The highest BCUT2D eigenvalue weighted by molar-refractivity contribution is 9.10. The van der Waals surface area contributed by atoms with Crippen LogP contribution in [0.15, 0.2) is 38.6 Å². The van der Waals surface area contributed by atoms with Crippen molar-refractivity contribution in [1.82, 2.24) is 18.7 Å². The molecule has 3 aromatic rings. The second-order valence-electron chi connectivity index (χ2n) is 6.67. The largest absolute Gasteiger partial charge is 0.332 e. The molecule has 27 heavy (non-hydrogen) atoms. The maximum Gasteiger partial charge on any atom is 0.332 e. The van der Waals surface area contributed by atoms with Gasteiger partial charge in [0.05, 0.1) is 0 Å². The van der Waals surface area contributed by atoms with Gasteiger partial charge in [-0.05, 0) is 39.5 Å². The first-order valence-corrected chi connectivity index (χ1v) is 9.21. The number of amides is 1. The number of carbonyl (C=O) groups excluding carboxylic acids is 1. The summed E-state index contributed by atoms with van der Waals surface area (Å²) in [6.07, 6.45) is 0. The summed E-state index contributed by atoms with van der Waals surface area (Å²) in [4.78, 5) is 41.2. The van der Waals surface area contributed by atoms with Gasteiger partial charge in [-0.3, -0.25) is 23.3 Å². The van der Waals surface area contributed by atoms with Crippen molar-refractivity contribution in [1.29, 1.82) is 0 Å². The van der Waals surface area contributed by atoms with E-state index >= 15 is 0 Å². The summed E-state index contributed by atoms with van der Waals surface area (Å²) in [5, 5.41) is 2.85. The van der Waals surface area contributed by atoms with Gasteiger partial charge in [0.1, 0.15) is 6.54 Å². The van der Waals surface area contributed by atoms with Crippen molar-refractivity contribution in [2.45, 2.75) is 26.3 Å². The lowest BCUT2D eigenvalue weighted by molar-refractivity contribution is -0.116. The molecule has 3 rings (SSSR count). The van der Waals surface area contributed by atoms with Crippen molar-refractivity contribution >= 4 is 38.7 Å². The van der Waals surface area contributed by atoms with Crippen LogP contribution in [-0.4, -0.2) is 24.6 Å². The van der Waals surface area contributed by atoms with Gasteiger partial charge in [-0.2, -0.15) is 0 Å². The molecule has 0 fully saturated rings. The number of imidazole rings is 1. The van der Waals surface area contributed by atoms with E-state index in [1.54, 1.807) is 7.05 Å². The lowest BCUT2D eigenvalue weighted by Crippen LogP contribution is -2.37. The molecular weight excluding hydrogens is 414 g/mol. The zero-order valence-corrected chi connectivity index (χ0v) is 17.1. The molecule has 0 bridgehead atoms. The summed E-state index contributed by atoms with van der Waals surface area (Å²) in [6.45, 7) is 4.07. The summed E-state index contributed by atoms with van der Waals surface area (Å²) in [5.74, 6) is 0.0587. The number of rotatable bonds is 4. The number of aromatic nitrogens is 4. The van der Waals surface area contributed by atoms with Gasteiger partial charge in [0.15, 0.2) is 15.9 Å². The van der Waals surface area contributed by atoms with Crippen LogP contribution in [0.2, 0.25) is 0 Å². The number of hydrogen-bond acceptors (Lipinski definition) is 4. The van der Waals surface area contributed by atoms with Crippen molar-refractivity contribution in [3.05, 3.63) is 55.4 Å². The summed E-state index contributed by atoms with van der Waals surface area (Å²) in [7, 11) is 2.93. The van der Waals surface area contributed by atoms with E-state index in [-0.39, 0.29) is 18.0 Å². The summed E-state index contributed by atoms with van der Waals surface area (Å²) >= 11 is 3.28. The quantitative estimate of drug-likeness (QED) is 0.636. The average Bonchev–Trinajstić information content (AvgIpc) is 2.95. The molecule has 0 spiro atoms. The van der Waals surface area contributed by atoms with E-state index in [4.69, 9.17) is 0 Å². The first-order valence-electron chi connectivity index (χ1n) is 8.42. The van der Waals surface area contributed by atoms with E-state index < -0.39 is 11.2 Å². The number of anilines is 1. The van der Waals surface area contributed by atoms with Crippen molar-refractivity contribution in [2.75, 3.05) is 5.32 Å². The Labute approximate surface area is 163 Å². The average molecular weight is 434 g/mol.